The average Bonchev–Trinajstić information content (AvgIpc) is 2.27. The van der Waals surface area contributed by atoms with E-state index < -0.39 is 17.7 Å². The topological polar surface area (TPSA) is 35.5 Å². The molecule has 0 aromatic heterocycles. The maximum absolute atomic E-state index is 12.3. The Labute approximate surface area is 107 Å². The minimum absolute atomic E-state index is 0.0746. The first kappa shape index (κ1) is 13.5. The zero-order valence-electron chi connectivity index (χ0n) is 10.2. The van der Waals surface area contributed by atoms with E-state index >= 15 is 0 Å². The van der Waals surface area contributed by atoms with Crippen molar-refractivity contribution in [1.29, 1.82) is 0 Å². The van der Waals surface area contributed by atoms with Gasteiger partial charge in [0.05, 0.1) is 0 Å². The quantitative estimate of drug-likeness (QED) is 0.772. The molecule has 19 heavy (non-hydrogen) atoms. The minimum atomic E-state index is -4.81. The predicted molar refractivity (Wildman–Crippen MR) is 62.3 cm³/mol. The fourth-order valence-electron chi connectivity index (χ4n) is 1.76. The van der Waals surface area contributed by atoms with E-state index in [2.05, 4.69) is 4.74 Å². The van der Waals surface area contributed by atoms with Crippen molar-refractivity contribution in [3.63, 3.8) is 0 Å². The molecular formula is C13H11F3O3. The van der Waals surface area contributed by atoms with Gasteiger partial charge in [0.1, 0.15) is 5.60 Å². The van der Waals surface area contributed by atoms with Crippen LogP contribution >= 0.6 is 0 Å². The van der Waals surface area contributed by atoms with Gasteiger partial charge in [-0.1, -0.05) is 6.08 Å². The third kappa shape index (κ3) is 2.89. The molecule has 3 nitrogen and oxygen atoms in total. The van der Waals surface area contributed by atoms with Crippen LogP contribution in [0.5, 0.6) is 11.5 Å². The first-order valence-corrected chi connectivity index (χ1v) is 5.48. The summed E-state index contributed by atoms with van der Waals surface area (Å²) in [6.07, 6.45) is -1.03. The Morgan fingerprint density at radius 2 is 2.00 bits per heavy atom. The highest BCUT2D eigenvalue weighted by molar-refractivity contribution is 5.86. The molecular weight excluding hydrogens is 261 g/mol. The van der Waals surface area contributed by atoms with Crippen LogP contribution in [0.4, 0.5) is 13.2 Å². The van der Waals surface area contributed by atoms with Gasteiger partial charge in [0.15, 0.2) is 17.8 Å². The van der Waals surface area contributed by atoms with Crippen molar-refractivity contribution < 1.29 is 27.4 Å². The Kier molecular flexibility index (Phi) is 3.04. The fourth-order valence-corrected chi connectivity index (χ4v) is 1.76. The molecule has 1 aliphatic heterocycles. The molecule has 0 fully saturated rings. The smallest absolute Gasteiger partial charge is 0.479 e. The predicted octanol–water partition coefficient (Wildman–Crippen LogP) is 3.58. The summed E-state index contributed by atoms with van der Waals surface area (Å²) in [5.74, 6) is -0.528. The third-order valence-electron chi connectivity index (χ3n) is 2.56. The van der Waals surface area contributed by atoms with Crippen LogP contribution in [0.25, 0.3) is 6.08 Å². The molecule has 0 bridgehead atoms. The highest BCUT2D eigenvalue weighted by Crippen LogP contribution is 2.42. The standard InChI is InChI=1S/C13H11F3O3/c1-12(2)6-5-9-8(7-17)3-4-10(11(9)19-12)18-13(14,15)16/h3-7H,1-2H3. The molecule has 0 saturated heterocycles. The van der Waals surface area contributed by atoms with E-state index in [1.807, 2.05) is 0 Å². The summed E-state index contributed by atoms with van der Waals surface area (Å²) in [5, 5.41) is 0. The molecule has 1 aromatic carbocycles. The molecule has 2 rings (SSSR count). The number of halogens is 3. The van der Waals surface area contributed by atoms with E-state index in [4.69, 9.17) is 4.74 Å². The molecule has 0 aliphatic carbocycles. The lowest BCUT2D eigenvalue weighted by molar-refractivity contribution is -0.275. The molecule has 0 radical (unpaired) electrons. The lowest BCUT2D eigenvalue weighted by Crippen LogP contribution is -2.29. The van der Waals surface area contributed by atoms with Crippen LogP contribution < -0.4 is 9.47 Å². The number of aldehydes is 1. The van der Waals surface area contributed by atoms with Gasteiger partial charge in [-0.2, -0.15) is 0 Å². The monoisotopic (exact) mass is 272 g/mol. The first-order chi connectivity index (χ1) is 8.72. The Bertz CT molecular complexity index is 545. The Morgan fingerprint density at radius 1 is 1.32 bits per heavy atom. The minimum Gasteiger partial charge on any atom is -0.479 e. The Balaban J connectivity index is 2.54. The van der Waals surface area contributed by atoms with Crippen molar-refractivity contribution in [2.45, 2.75) is 25.8 Å². The molecule has 0 atom stereocenters. The number of alkyl halides is 3. The second kappa shape index (κ2) is 4.29. The van der Waals surface area contributed by atoms with Gasteiger partial charge in [0.2, 0.25) is 0 Å². The molecule has 1 aromatic rings. The van der Waals surface area contributed by atoms with Crippen LogP contribution in [0.3, 0.4) is 0 Å². The highest BCUT2D eigenvalue weighted by atomic mass is 19.4. The zero-order chi connectivity index (χ0) is 14.3. The summed E-state index contributed by atoms with van der Waals surface area (Å²) >= 11 is 0. The van der Waals surface area contributed by atoms with E-state index in [0.29, 0.717) is 6.29 Å². The van der Waals surface area contributed by atoms with Crippen LogP contribution in [0.1, 0.15) is 29.8 Å². The SMILES string of the molecule is CC1(C)C=Cc2c(C=O)ccc(OC(F)(F)F)c2O1. The normalized spacial score (nSPS) is 16.5. The number of rotatable bonds is 2. The van der Waals surface area contributed by atoms with Gasteiger partial charge in [0, 0.05) is 11.1 Å². The molecule has 0 amide bonds. The molecule has 0 unspecified atom stereocenters. The lowest BCUT2D eigenvalue weighted by Gasteiger charge is -2.29. The maximum atomic E-state index is 12.3. The van der Waals surface area contributed by atoms with E-state index in [1.54, 1.807) is 26.0 Å². The largest absolute Gasteiger partial charge is 0.573 e. The van der Waals surface area contributed by atoms with Crippen LogP contribution in [0.2, 0.25) is 0 Å². The van der Waals surface area contributed by atoms with Crippen LogP contribution in [0, 0.1) is 0 Å². The number of fused-ring (bicyclic) bond motifs is 1. The van der Waals surface area contributed by atoms with E-state index in [0.717, 1.165) is 6.07 Å². The summed E-state index contributed by atoms with van der Waals surface area (Å²) in [6, 6.07) is 2.34. The molecule has 0 saturated carbocycles. The molecule has 102 valence electrons. The number of carbonyl (C=O) groups excluding carboxylic acids is 1. The maximum Gasteiger partial charge on any atom is 0.573 e. The number of carbonyl (C=O) groups is 1. The highest BCUT2D eigenvalue weighted by Gasteiger charge is 2.35. The fraction of sp³-hybridized carbons (Fsp3) is 0.308. The van der Waals surface area contributed by atoms with Gasteiger partial charge in [-0.3, -0.25) is 4.79 Å². The molecule has 6 heteroatoms. The van der Waals surface area contributed by atoms with Gasteiger partial charge < -0.3 is 9.47 Å². The van der Waals surface area contributed by atoms with E-state index in [9.17, 15) is 18.0 Å². The van der Waals surface area contributed by atoms with Crippen LogP contribution in [0.15, 0.2) is 18.2 Å². The van der Waals surface area contributed by atoms with Gasteiger partial charge >= 0.3 is 6.36 Å². The van der Waals surface area contributed by atoms with E-state index in [1.165, 1.54) is 6.07 Å². The number of hydrogen-bond acceptors (Lipinski definition) is 3. The molecule has 1 aliphatic rings. The van der Waals surface area contributed by atoms with Crippen molar-refractivity contribution >= 4 is 12.4 Å². The summed E-state index contributed by atoms with van der Waals surface area (Å²) in [7, 11) is 0. The zero-order valence-corrected chi connectivity index (χ0v) is 10.2. The van der Waals surface area contributed by atoms with Gasteiger partial charge in [0.25, 0.3) is 0 Å². The van der Waals surface area contributed by atoms with Crippen molar-refractivity contribution in [3.8, 4) is 11.5 Å². The van der Waals surface area contributed by atoms with Crippen molar-refractivity contribution in [1.82, 2.24) is 0 Å². The Hall–Kier alpha value is -1.98. The van der Waals surface area contributed by atoms with Crippen molar-refractivity contribution in [2.75, 3.05) is 0 Å². The summed E-state index contributed by atoms with van der Waals surface area (Å²) in [6.45, 7) is 3.38. The van der Waals surface area contributed by atoms with Crippen molar-refractivity contribution in [3.05, 3.63) is 29.3 Å². The van der Waals surface area contributed by atoms with Crippen LogP contribution in [-0.2, 0) is 0 Å². The van der Waals surface area contributed by atoms with Gasteiger partial charge in [-0.05, 0) is 32.1 Å². The summed E-state index contributed by atoms with van der Waals surface area (Å²) in [5.41, 5.74) is -0.231. The third-order valence-corrected chi connectivity index (χ3v) is 2.56. The second-order valence-corrected chi connectivity index (χ2v) is 4.60. The van der Waals surface area contributed by atoms with Crippen molar-refractivity contribution in [2.24, 2.45) is 0 Å². The number of hydrogen-bond donors (Lipinski definition) is 0. The summed E-state index contributed by atoms with van der Waals surface area (Å²) < 4.78 is 46.3. The Morgan fingerprint density at radius 3 is 2.58 bits per heavy atom. The molecule has 0 spiro atoms. The molecule has 1 heterocycles. The van der Waals surface area contributed by atoms with E-state index in [-0.39, 0.29) is 16.9 Å². The van der Waals surface area contributed by atoms with Gasteiger partial charge in [-0.15, -0.1) is 13.2 Å². The van der Waals surface area contributed by atoms with Crippen LogP contribution in [-0.4, -0.2) is 18.2 Å². The summed E-state index contributed by atoms with van der Waals surface area (Å²) in [4.78, 5) is 10.9. The van der Waals surface area contributed by atoms with Gasteiger partial charge in [-0.25, -0.2) is 0 Å². The number of ether oxygens (including phenoxy) is 2. The first-order valence-electron chi connectivity index (χ1n) is 5.48. The second-order valence-electron chi connectivity index (χ2n) is 4.60. The lowest BCUT2D eigenvalue weighted by atomic mass is 9.98. The average molecular weight is 272 g/mol. The number of benzene rings is 1. The molecule has 0 N–H and O–H groups in total.